The van der Waals surface area contributed by atoms with Crippen molar-refractivity contribution in [2.45, 2.75) is 19.9 Å². The number of hydrogen-bond acceptors (Lipinski definition) is 4. The van der Waals surface area contributed by atoms with E-state index in [2.05, 4.69) is 15.8 Å². The molecule has 0 aliphatic carbocycles. The Labute approximate surface area is 130 Å². The first-order valence-corrected chi connectivity index (χ1v) is 6.59. The van der Waals surface area contributed by atoms with Crippen molar-refractivity contribution in [3.05, 3.63) is 41.7 Å². The molecule has 0 radical (unpaired) electrons. The van der Waals surface area contributed by atoms with E-state index in [-0.39, 0.29) is 30.1 Å². The van der Waals surface area contributed by atoms with Crippen LogP contribution in [0, 0.1) is 6.92 Å². The van der Waals surface area contributed by atoms with Gasteiger partial charge in [0, 0.05) is 24.2 Å². The Morgan fingerprint density at radius 1 is 1.33 bits per heavy atom. The van der Waals surface area contributed by atoms with Crippen LogP contribution in [0.25, 0.3) is 11.3 Å². The lowest BCUT2D eigenvalue weighted by atomic mass is 10.1. The monoisotopic (exact) mass is 309 g/mol. The summed E-state index contributed by atoms with van der Waals surface area (Å²) in [6.45, 7) is 4.54. The van der Waals surface area contributed by atoms with Crippen molar-refractivity contribution in [2.24, 2.45) is 0 Å². The van der Waals surface area contributed by atoms with Gasteiger partial charge in [0.25, 0.3) is 5.91 Å². The Bertz CT molecular complexity index is 581. The van der Waals surface area contributed by atoms with Crippen molar-refractivity contribution >= 4 is 18.3 Å². The molecule has 0 aliphatic rings. The van der Waals surface area contributed by atoms with Crippen LogP contribution in [-0.2, 0) is 0 Å². The maximum absolute atomic E-state index is 11.9. The van der Waals surface area contributed by atoms with Crippen molar-refractivity contribution < 1.29 is 9.32 Å². The van der Waals surface area contributed by atoms with Crippen molar-refractivity contribution in [3.8, 4) is 11.3 Å². The van der Waals surface area contributed by atoms with Gasteiger partial charge < -0.3 is 15.2 Å². The van der Waals surface area contributed by atoms with E-state index in [0.717, 1.165) is 5.56 Å². The van der Waals surface area contributed by atoms with Crippen LogP contribution < -0.4 is 10.6 Å². The van der Waals surface area contributed by atoms with E-state index in [4.69, 9.17) is 4.52 Å². The van der Waals surface area contributed by atoms with Crippen LogP contribution in [0.3, 0.4) is 0 Å². The molecule has 0 saturated heterocycles. The largest absolute Gasteiger partial charge is 0.350 e. The highest BCUT2D eigenvalue weighted by Crippen LogP contribution is 2.19. The predicted octanol–water partition coefficient (Wildman–Crippen LogP) is 2.41. The van der Waals surface area contributed by atoms with Crippen LogP contribution in [0.2, 0.25) is 0 Å². The molecule has 21 heavy (non-hydrogen) atoms. The zero-order valence-electron chi connectivity index (χ0n) is 12.3. The highest BCUT2D eigenvalue weighted by Gasteiger charge is 2.14. The Hall–Kier alpha value is -1.85. The van der Waals surface area contributed by atoms with Gasteiger partial charge in [-0.2, -0.15) is 0 Å². The van der Waals surface area contributed by atoms with E-state index in [1.54, 1.807) is 6.07 Å². The maximum atomic E-state index is 11.9. The van der Waals surface area contributed by atoms with E-state index in [0.29, 0.717) is 12.2 Å². The van der Waals surface area contributed by atoms with Crippen LogP contribution in [0.15, 0.2) is 34.9 Å². The first kappa shape index (κ1) is 17.2. The predicted molar refractivity (Wildman–Crippen MR) is 84.8 cm³/mol. The van der Waals surface area contributed by atoms with Gasteiger partial charge in [0.05, 0.1) is 0 Å². The molecule has 5 nitrogen and oxygen atoms in total. The third-order valence-electron chi connectivity index (χ3n) is 3.14. The van der Waals surface area contributed by atoms with Crippen molar-refractivity contribution in [1.82, 2.24) is 15.8 Å². The average Bonchev–Trinajstić information content (AvgIpc) is 2.95. The van der Waals surface area contributed by atoms with Crippen molar-refractivity contribution in [3.63, 3.8) is 0 Å². The number of amides is 1. The average molecular weight is 310 g/mol. The summed E-state index contributed by atoms with van der Waals surface area (Å²) < 4.78 is 5.09. The fraction of sp³-hybridized carbons (Fsp3) is 0.333. The zero-order chi connectivity index (χ0) is 14.5. The lowest BCUT2D eigenvalue weighted by molar-refractivity contribution is 0.0913. The number of rotatable bonds is 5. The molecule has 114 valence electrons. The molecule has 2 N–H and O–H groups in total. The van der Waals surface area contributed by atoms with Gasteiger partial charge in [-0.15, -0.1) is 12.4 Å². The third kappa shape index (κ3) is 4.58. The summed E-state index contributed by atoms with van der Waals surface area (Å²) >= 11 is 0. The van der Waals surface area contributed by atoms with E-state index in [1.165, 1.54) is 5.56 Å². The van der Waals surface area contributed by atoms with Crippen LogP contribution in [0.1, 0.15) is 23.0 Å². The minimum absolute atomic E-state index is 0. The Kier molecular flexibility index (Phi) is 6.39. The van der Waals surface area contributed by atoms with Crippen LogP contribution in [0.5, 0.6) is 0 Å². The number of hydrogen-bond donors (Lipinski definition) is 2. The van der Waals surface area contributed by atoms with Gasteiger partial charge in [0.15, 0.2) is 0 Å². The van der Waals surface area contributed by atoms with Gasteiger partial charge in [-0.05, 0) is 20.9 Å². The van der Waals surface area contributed by atoms with Gasteiger partial charge in [-0.1, -0.05) is 35.0 Å². The topological polar surface area (TPSA) is 67.2 Å². The SMILES string of the molecule is CNC(C)CNC(=O)c1cc(-c2ccc(C)cc2)no1.Cl. The molecule has 0 fully saturated rings. The molecule has 0 spiro atoms. The molecule has 1 amide bonds. The summed E-state index contributed by atoms with van der Waals surface area (Å²) in [5.41, 5.74) is 2.77. The molecule has 0 aliphatic heterocycles. The molecule has 2 aromatic rings. The molecule has 2 rings (SSSR count). The maximum Gasteiger partial charge on any atom is 0.289 e. The van der Waals surface area contributed by atoms with E-state index < -0.39 is 0 Å². The molecule has 1 unspecified atom stereocenters. The Morgan fingerprint density at radius 3 is 2.62 bits per heavy atom. The highest BCUT2D eigenvalue weighted by molar-refractivity contribution is 5.92. The van der Waals surface area contributed by atoms with Gasteiger partial charge in [-0.25, -0.2) is 0 Å². The summed E-state index contributed by atoms with van der Waals surface area (Å²) in [4.78, 5) is 11.9. The zero-order valence-corrected chi connectivity index (χ0v) is 13.2. The first-order chi connectivity index (χ1) is 9.60. The fourth-order valence-corrected chi connectivity index (χ4v) is 1.68. The summed E-state index contributed by atoms with van der Waals surface area (Å²) in [5.74, 6) is -0.0261. The first-order valence-electron chi connectivity index (χ1n) is 6.59. The second-order valence-corrected chi connectivity index (χ2v) is 4.84. The summed E-state index contributed by atoms with van der Waals surface area (Å²) in [7, 11) is 1.85. The molecule has 1 aromatic carbocycles. The number of benzene rings is 1. The normalized spacial score (nSPS) is 11.6. The molecule has 6 heteroatoms. The molecular weight excluding hydrogens is 290 g/mol. The molecular formula is C15H20ClN3O2. The number of carbonyl (C=O) groups excluding carboxylic acids is 1. The van der Waals surface area contributed by atoms with Crippen LogP contribution in [0.4, 0.5) is 0 Å². The number of halogens is 1. The van der Waals surface area contributed by atoms with E-state index in [9.17, 15) is 4.79 Å². The minimum atomic E-state index is -0.252. The van der Waals surface area contributed by atoms with Crippen molar-refractivity contribution in [1.29, 1.82) is 0 Å². The molecule has 1 heterocycles. The highest BCUT2D eigenvalue weighted by atomic mass is 35.5. The molecule has 1 atom stereocenters. The molecule has 1 aromatic heterocycles. The molecule has 0 bridgehead atoms. The standard InChI is InChI=1S/C15H19N3O2.ClH/c1-10-4-6-12(7-5-10)13-8-14(20-18-13)15(19)17-9-11(2)16-3;/h4-8,11,16H,9H2,1-3H3,(H,17,19);1H. The number of nitrogens with zero attached hydrogens (tertiary/aromatic N) is 1. The van der Waals surface area contributed by atoms with Crippen LogP contribution >= 0.6 is 12.4 Å². The summed E-state index contributed by atoms with van der Waals surface area (Å²) in [5, 5.41) is 9.77. The van der Waals surface area contributed by atoms with Gasteiger partial charge >= 0.3 is 0 Å². The number of nitrogens with one attached hydrogen (secondary N) is 2. The second-order valence-electron chi connectivity index (χ2n) is 4.84. The van der Waals surface area contributed by atoms with Crippen LogP contribution in [-0.4, -0.2) is 30.7 Å². The van der Waals surface area contributed by atoms with E-state index >= 15 is 0 Å². The number of carbonyl (C=O) groups is 1. The fourth-order valence-electron chi connectivity index (χ4n) is 1.68. The van der Waals surface area contributed by atoms with Gasteiger partial charge in [0.1, 0.15) is 5.69 Å². The lowest BCUT2D eigenvalue weighted by Gasteiger charge is -2.09. The smallest absolute Gasteiger partial charge is 0.289 e. The number of aryl methyl sites for hydroxylation is 1. The van der Waals surface area contributed by atoms with Gasteiger partial charge in [0.2, 0.25) is 5.76 Å². The Balaban J connectivity index is 0.00000220. The van der Waals surface area contributed by atoms with Gasteiger partial charge in [-0.3, -0.25) is 4.79 Å². The number of aromatic nitrogens is 1. The quantitative estimate of drug-likeness (QED) is 0.890. The Morgan fingerprint density at radius 2 is 2.00 bits per heavy atom. The summed E-state index contributed by atoms with van der Waals surface area (Å²) in [6, 6.07) is 9.77. The third-order valence-corrected chi connectivity index (χ3v) is 3.14. The number of likely N-dealkylation sites (N-methyl/N-ethyl adjacent to an activating group) is 1. The molecule has 0 saturated carbocycles. The lowest BCUT2D eigenvalue weighted by Crippen LogP contribution is -2.37. The second kappa shape index (κ2) is 7.81. The van der Waals surface area contributed by atoms with E-state index in [1.807, 2.05) is 45.2 Å². The van der Waals surface area contributed by atoms with Crippen molar-refractivity contribution in [2.75, 3.05) is 13.6 Å². The summed E-state index contributed by atoms with van der Waals surface area (Å²) in [6.07, 6.45) is 0. The minimum Gasteiger partial charge on any atom is -0.350 e.